The quantitative estimate of drug-likeness (QED) is 0.478. The van der Waals surface area contributed by atoms with Gasteiger partial charge in [-0.1, -0.05) is 0 Å². The number of likely N-dealkylation sites (N-methyl/N-ethyl adjacent to an activating group) is 1. The van der Waals surface area contributed by atoms with Gasteiger partial charge in [-0.15, -0.1) is 11.3 Å². The second-order valence-electron chi connectivity index (χ2n) is 6.67. The number of nitrogens with zero attached hydrogens (tertiary/aromatic N) is 2. The largest absolute Gasteiger partial charge is 0.374 e. The van der Waals surface area contributed by atoms with Gasteiger partial charge in [-0.05, 0) is 36.2 Å². The van der Waals surface area contributed by atoms with Gasteiger partial charge >= 0.3 is 0 Å². The van der Waals surface area contributed by atoms with Gasteiger partial charge in [0.1, 0.15) is 11.6 Å². The number of rotatable bonds is 1. The molecule has 3 heterocycles. The molecule has 0 unspecified atom stereocenters. The van der Waals surface area contributed by atoms with Gasteiger partial charge in [0.15, 0.2) is 11.6 Å². The summed E-state index contributed by atoms with van der Waals surface area (Å²) in [5, 5.41) is 0. The molecule has 1 aliphatic heterocycles. The van der Waals surface area contributed by atoms with Gasteiger partial charge in [0.2, 0.25) is 0 Å². The predicted octanol–water partition coefficient (Wildman–Crippen LogP) is 5.37. The van der Waals surface area contributed by atoms with Crippen LogP contribution in [0.2, 0.25) is 0 Å². The molecule has 1 aliphatic rings. The summed E-state index contributed by atoms with van der Waals surface area (Å²) in [6.45, 7) is 0.774. The van der Waals surface area contributed by atoms with Crippen molar-refractivity contribution in [3.8, 4) is 21.1 Å². The maximum absolute atomic E-state index is 13.7. The molecule has 0 spiro atoms. The molecule has 0 amide bonds. The monoisotopic (exact) mass is 385 g/mol. The molecule has 0 radical (unpaired) electrons. The van der Waals surface area contributed by atoms with Crippen LogP contribution in [-0.4, -0.2) is 23.6 Å². The molecule has 0 saturated heterocycles. The molecule has 7 heteroatoms. The molecule has 0 fully saturated rings. The summed E-state index contributed by atoms with van der Waals surface area (Å²) < 4.78 is 40.7. The minimum Gasteiger partial charge on any atom is -0.374 e. The number of H-pyrrole nitrogens is 1. The summed E-state index contributed by atoms with van der Waals surface area (Å²) in [4.78, 5) is 11.5. The summed E-state index contributed by atoms with van der Waals surface area (Å²) in [6.07, 6.45) is 0.822. The SMILES string of the molecule is CN1CCc2cc(-c3nc4cc(F)c(F)cc4[nH]3)sc2-c2ccc(F)cc21. The van der Waals surface area contributed by atoms with Crippen LogP contribution in [0, 0.1) is 17.5 Å². The highest BCUT2D eigenvalue weighted by atomic mass is 32.1. The average Bonchev–Trinajstić information content (AvgIpc) is 3.21. The molecule has 27 heavy (non-hydrogen) atoms. The fourth-order valence-electron chi connectivity index (χ4n) is 3.50. The molecule has 1 N–H and O–H groups in total. The molecule has 0 aliphatic carbocycles. The topological polar surface area (TPSA) is 31.9 Å². The molecule has 0 atom stereocenters. The first-order valence-electron chi connectivity index (χ1n) is 8.48. The van der Waals surface area contributed by atoms with Crippen molar-refractivity contribution in [2.75, 3.05) is 18.5 Å². The van der Waals surface area contributed by atoms with E-state index in [1.54, 1.807) is 23.5 Å². The zero-order valence-electron chi connectivity index (χ0n) is 14.3. The lowest BCUT2D eigenvalue weighted by Crippen LogP contribution is -2.19. The smallest absolute Gasteiger partial charge is 0.161 e. The number of aromatic nitrogens is 2. The number of fused-ring (bicyclic) bond motifs is 4. The van der Waals surface area contributed by atoms with Gasteiger partial charge in [-0.3, -0.25) is 0 Å². The van der Waals surface area contributed by atoms with Crippen LogP contribution in [0.3, 0.4) is 0 Å². The van der Waals surface area contributed by atoms with E-state index in [1.807, 2.05) is 7.05 Å². The normalized spacial score (nSPS) is 13.6. The Kier molecular flexibility index (Phi) is 3.55. The number of aromatic amines is 1. The lowest BCUT2D eigenvalue weighted by atomic mass is 10.1. The second-order valence-corrected chi connectivity index (χ2v) is 7.72. The first kappa shape index (κ1) is 16.4. The molecule has 3 nitrogen and oxygen atoms in total. The van der Waals surface area contributed by atoms with E-state index in [0.717, 1.165) is 51.7 Å². The minimum absolute atomic E-state index is 0.262. The van der Waals surface area contributed by atoms with E-state index < -0.39 is 11.6 Å². The summed E-state index contributed by atoms with van der Waals surface area (Å²) >= 11 is 1.55. The van der Waals surface area contributed by atoms with E-state index >= 15 is 0 Å². The third-order valence-corrected chi connectivity index (χ3v) is 6.12. The fraction of sp³-hybridized carbons (Fsp3) is 0.150. The number of benzene rings is 2. The van der Waals surface area contributed by atoms with Crippen LogP contribution in [0.25, 0.3) is 32.2 Å². The number of imidazole rings is 1. The lowest BCUT2D eigenvalue weighted by Gasteiger charge is -2.19. The number of hydrogen-bond donors (Lipinski definition) is 1. The maximum Gasteiger partial charge on any atom is 0.161 e. The summed E-state index contributed by atoms with van der Waals surface area (Å²) in [6, 6.07) is 9.08. The maximum atomic E-state index is 13.7. The second kappa shape index (κ2) is 5.85. The number of halogens is 3. The molecule has 2 aromatic carbocycles. The highest BCUT2D eigenvalue weighted by molar-refractivity contribution is 7.19. The zero-order valence-corrected chi connectivity index (χ0v) is 15.1. The first-order chi connectivity index (χ1) is 13.0. The van der Waals surface area contributed by atoms with Crippen molar-refractivity contribution in [1.29, 1.82) is 0 Å². The van der Waals surface area contributed by atoms with E-state index in [0.29, 0.717) is 16.9 Å². The average molecular weight is 385 g/mol. The van der Waals surface area contributed by atoms with Crippen LogP contribution in [0.4, 0.5) is 18.9 Å². The van der Waals surface area contributed by atoms with Gasteiger partial charge in [0.05, 0.1) is 15.9 Å². The molecule has 0 saturated carbocycles. The molecular weight excluding hydrogens is 371 g/mol. The Morgan fingerprint density at radius 1 is 1.07 bits per heavy atom. The molecule has 2 aromatic heterocycles. The van der Waals surface area contributed by atoms with Gasteiger partial charge in [0.25, 0.3) is 0 Å². The van der Waals surface area contributed by atoms with E-state index in [-0.39, 0.29) is 5.82 Å². The Labute approximate surface area is 157 Å². The Bertz CT molecular complexity index is 1160. The molecule has 136 valence electrons. The van der Waals surface area contributed by atoms with Crippen LogP contribution in [0.15, 0.2) is 36.4 Å². The fourth-order valence-corrected chi connectivity index (χ4v) is 4.69. The molecule has 4 aromatic rings. The van der Waals surface area contributed by atoms with Gasteiger partial charge in [0, 0.05) is 41.9 Å². The van der Waals surface area contributed by atoms with Crippen molar-refractivity contribution in [3.63, 3.8) is 0 Å². The van der Waals surface area contributed by atoms with Crippen molar-refractivity contribution in [2.24, 2.45) is 0 Å². The third kappa shape index (κ3) is 2.61. The van der Waals surface area contributed by atoms with Crippen LogP contribution in [0.1, 0.15) is 5.56 Å². The van der Waals surface area contributed by atoms with Crippen LogP contribution in [-0.2, 0) is 6.42 Å². The number of thiophene rings is 1. The summed E-state index contributed by atoms with van der Waals surface area (Å²) in [5.74, 6) is -1.51. The van der Waals surface area contributed by atoms with E-state index in [9.17, 15) is 13.2 Å². The lowest BCUT2D eigenvalue weighted by molar-refractivity contribution is 0.510. The Morgan fingerprint density at radius 3 is 2.74 bits per heavy atom. The number of hydrogen-bond acceptors (Lipinski definition) is 3. The summed E-state index contributed by atoms with van der Waals surface area (Å²) in [7, 11) is 1.96. The summed E-state index contributed by atoms with van der Waals surface area (Å²) in [5.41, 5.74) is 3.83. The zero-order chi connectivity index (χ0) is 18.7. The van der Waals surface area contributed by atoms with Crippen molar-refractivity contribution >= 4 is 28.1 Å². The van der Waals surface area contributed by atoms with Crippen LogP contribution < -0.4 is 4.90 Å². The van der Waals surface area contributed by atoms with E-state index in [2.05, 4.69) is 20.9 Å². The van der Waals surface area contributed by atoms with E-state index in [1.165, 1.54) is 6.07 Å². The van der Waals surface area contributed by atoms with Crippen molar-refractivity contribution in [2.45, 2.75) is 6.42 Å². The molecular formula is C20H14F3N3S. The highest BCUT2D eigenvalue weighted by Crippen LogP contribution is 2.43. The van der Waals surface area contributed by atoms with Crippen molar-refractivity contribution in [3.05, 3.63) is 59.4 Å². The van der Waals surface area contributed by atoms with Crippen molar-refractivity contribution < 1.29 is 13.2 Å². The third-order valence-electron chi connectivity index (χ3n) is 4.90. The molecule has 0 bridgehead atoms. The van der Waals surface area contributed by atoms with Gasteiger partial charge in [-0.25, -0.2) is 18.2 Å². The minimum atomic E-state index is -0.915. The van der Waals surface area contributed by atoms with Gasteiger partial charge in [-0.2, -0.15) is 0 Å². The molecule has 5 rings (SSSR count). The Morgan fingerprint density at radius 2 is 1.89 bits per heavy atom. The Balaban J connectivity index is 1.66. The number of anilines is 1. The van der Waals surface area contributed by atoms with Gasteiger partial charge < -0.3 is 9.88 Å². The number of nitrogens with one attached hydrogen (secondary N) is 1. The standard InChI is InChI=1S/C20H14F3N3S/c1-26-5-4-10-6-18(27-19(10)12-3-2-11(21)7-17(12)26)20-24-15-8-13(22)14(23)9-16(15)25-20/h2-3,6-9H,4-5H2,1H3,(H,24,25). The highest BCUT2D eigenvalue weighted by Gasteiger charge is 2.22. The predicted molar refractivity (Wildman–Crippen MR) is 102 cm³/mol. The Hall–Kier alpha value is -2.80. The van der Waals surface area contributed by atoms with Crippen molar-refractivity contribution in [1.82, 2.24) is 9.97 Å². The van der Waals surface area contributed by atoms with Crippen LogP contribution in [0.5, 0.6) is 0 Å². The first-order valence-corrected chi connectivity index (χ1v) is 9.30. The van der Waals surface area contributed by atoms with E-state index in [4.69, 9.17) is 0 Å². The van der Waals surface area contributed by atoms with Crippen LogP contribution >= 0.6 is 11.3 Å².